The highest BCUT2D eigenvalue weighted by atomic mass is 19.1. The maximum absolute atomic E-state index is 14.1. The van der Waals surface area contributed by atoms with E-state index in [1.165, 1.54) is 5.56 Å². The molecular formula is C26H26F2N8. The molecule has 3 N–H and O–H groups in total. The van der Waals surface area contributed by atoms with Gasteiger partial charge in [0.05, 0.1) is 17.9 Å². The minimum absolute atomic E-state index is 0.0926. The van der Waals surface area contributed by atoms with Crippen molar-refractivity contribution in [1.82, 2.24) is 30.2 Å². The summed E-state index contributed by atoms with van der Waals surface area (Å²) in [7, 11) is 0. The van der Waals surface area contributed by atoms with E-state index in [4.69, 9.17) is 9.97 Å². The van der Waals surface area contributed by atoms with Crippen molar-refractivity contribution in [1.29, 1.82) is 0 Å². The summed E-state index contributed by atoms with van der Waals surface area (Å²) in [6.45, 7) is 4.13. The molecule has 6 rings (SSSR count). The van der Waals surface area contributed by atoms with E-state index in [2.05, 4.69) is 37.8 Å². The molecule has 1 saturated heterocycles. The van der Waals surface area contributed by atoms with Crippen LogP contribution in [0.25, 0.3) is 22.3 Å². The number of piperidine rings is 1. The van der Waals surface area contributed by atoms with Crippen LogP contribution in [0.2, 0.25) is 0 Å². The third-order valence-corrected chi connectivity index (χ3v) is 6.85. The summed E-state index contributed by atoms with van der Waals surface area (Å²) in [4.78, 5) is 22.3. The number of rotatable bonds is 6. The molecule has 0 unspecified atom stereocenters. The molecule has 1 aliphatic carbocycles. The van der Waals surface area contributed by atoms with Gasteiger partial charge < -0.3 is 16.0 Å². The van der Waals surface area contributed by atoms with Crippen molar-refractivity contribution in [3.8, 4) is 11.4 Å². The summed E-state index contributed by atoms with van der Waals surface area (Å²) in [5.41, 5.74) is 2.58. The molecule has 5 heterocycles. The van der Waals surface area contributed by atoms with Crippen molar-refractivity contribution in [2.24, 2.45) is 0 Å². The summed E-state index contributed by atoms with van der Waals surface area (Å²) in [6, 6.07) is 4.30. The third-order valence-electron chi connectivity index (χ3n) is 6.85. The predicted octanol–water partition coefficient (Wildman–Crippen LogP) is 4.94. The summed E-state index contributed by atoms with van der Waals surface area (Å²) < 4.78 is 27.4. The zero-order chi connectivity index (χ0) is 24.7. The fraction of sp³-hybridized carbons (Fsp3) is 0.346. The molecule has 184 valence electrons. The number of halogens is 2. The van der Waals surface area contributed by atoms with Crippen LogP contribution in [0.3, 0.4) is 0 Å². The maximum atomic E-state index is 14.1. The number of anilines is 3. The van der Waals surface area contributed by atoms with Gasteiger partial charge in [-0.2, -0.15) is 0 Å². The number of aromatic nitrogens is 5. The topological polar surface area (TPSA) is 101 Å². The quantitative estimate of drug-likeness (QED) is 0.351. The summed E-state index contributed by atoms with van der Waals surface area (Å²) >= 11 is 0. The Labute approximate surface area is 207 Å². The summed E-state index contributed by atoms with van der Waals surface area (Å²) in [6.07, 6.45) is 10.5. The van der Waals surface area contributed by atoms with Crippen LogP contribution in [-0.2, 0) is 0 Å². The van der Waals surface area contributed by atoms with Gasteiger partial charge in [0.1, 0.15) is 17.5 Å². The number of pyridine rings is 3. The average Bonchev–Trinajstić information content (AvgIpc) is 3.71. The molecule has 1 saturated carbocycles. The van der Waals surface area contributed by atoms with Crippen LogP contribution < -0.4 is 16.0 Å². The highest BCUT2D eigenvalue weighted by Gasteiger charge is 2.31. The first-order valence-corrected chi connectivity index (χ1v) is 12.2. The molecule has 0 amide bonds. The summed E-state index contributed by atoms with van der Waals surface area (Å²) in [5.74, 6) is 0.498. The Hall–Kier alpha value is -3.79. The van der Waals surface area contributed by atoms with Gasteiger partial charge in [-0.15, -0.1) is 0 Å². The molecule has 4 aromatic rings. The number of nitrogens with one attached hydrogen (secondary N) is 3. The Bertz CT molecular complexity index is 1430. The van der Waals surface area contributed by atoms with Crippen LogP contribution in [0.1, 0.15) is 44.1 Å². The zero-order valence-corrected chi connectivity index (χ0v) is 19.9. The standard InChI is InChI=1S/C26H26F2N8/c1-26(5-8-29-9-6-26)36-25-22-18(15-2-3-15)13-30-14-20(22)33-23(35-25)16-4-7-31-21(10-16)34-24-19(28)11-17(27)12-32-24/h4,7,10-15,29H,2-3,5-6,8-9H2,1H3,(H,31,32,34)(H,33,35,36). The second-order valence-electron chi connectivity index (χ2n) is 9.77. The van der Waals surface area contributed by atoms with Crippen LogP contribution in [0.4, 0.5) is 26.2 Å². The van der Waals surface area contributed by atoms with E-state index in [0.29, 0.717) is 23.1 Å². The molecule has 2 fully saturated rings. The van der Waals surface area contributed by atoms with Gasteiger partial charge in [-0.25, -0.2) is 28.7 Å². The Kier molecular flexibility index (Phi) is 5.67. The Morgan fingerprint density at radius 1 is 1.00 bits per heavy atom. The molecule has 2 aliphatic rings. The van der Waals surface area contributed by atoms with Gasteiger partial charge in [0.15, 0.2) is 17.5 Å². The van der Waals surface area contributed by atoms with Crippen LogP contribution in [0.5, 0.6) is 0 Å². The van der Waals surface area contributed by atoms with Crippen LogP contribution >= 0.6 is 0 Å². The van der Waals surface area contributed by atoms with Crippen molar-refractivity contribution in [2.75, 3.05) is 23.7 Å². The van der Waals surface area contributed by atoms with E-state index in [1.807, 2.05) is 6.20 Å². The van der Waals surface area contributed by atoms with Gasteiger partial charge in [0.25, 0.3) is 0 Å². The zero-order valence-electron chi connectivity index (χ0n) is 19.9. The van der Waals surface area contributed by atoms with Crippen molar-refractivity contribution in [2.45, 2.75) is 44.1 Å². The largest absolute Gasteiger partial charge is 0.364 e. The Morgan fingerprint density at radius 2 is 1.83 bits per heavy atom. The van der Waals surface area contributed by atoms with Crippen LogP contribution in [0, 0.1) is 11.6 Å². The summed E-state index contributed by atoms with van der Waals surface area (Å²) in [5, 5.41) is 11.0. The third kappa shape index (κ3) is 4.56. The van der Waals surface area contributed by atoms with Crippen molar-refractivity contribution < 1.29 is 8.78 Å². The Morgan fingerprint density at radius 3 is 2.61 bits per heavy atom. The molecule has 0 radical (unpaired) electrons. The van der Waals surface area contributed by atoms with Crippen molar-refractivity contribution in [3.05, 3.63) is 60.2 Å². The highest BCUT2D eigenvalue weighted by Crippen LogP contribution is 2.44. The fourth-order valence-corrected chi connectivity index (χ4v) is 4.69. The molecular weight excluding hydrogens is 462 g/mol. The van der Waals surface area contributed by atoms with E-state index in [9.17, 15) is 8.78 Å². The monoisotopic (exact) mass is 488 g/mol. The lowest BCUT2D eigenvalue weighted by atomic mass is 9.90. The number of fused-ring (bicyclic) bond motifs is 1. The van der Waals surface area contributed by atoms with Gasteiger partial charge in [-0.1, -0.05) is 0 Å². The second kappa shape index (κ2) is 9.02. The minimum atomic E-state index is -0.801. The van der Waals surface area contributed by atoms with Crippen molar-refractivity contribution in [3.63, 3.8) is 0 Å². The SMILES string of the molecule is CC1(Nc2nc(-c3ccnc(Nc4ncc(F)cc4F)c3)nc3cncc(C4CC4)c23)CCNCC1. The van der Waals surface area contributed by atoms with Crippen LogP contribution in [-0.4, -0.2) is 43.5 Å². The van der Waals surface area contributed by atoms with Gasteiger partial charge in [-0.3, -0.25) is 4.98 Å². The van der Waals surface area contributed by atoms with E-state index in [0.717, 1.165) is 67.8 Å². The number of hydrogen-bond donors (Lipinski definition) is 3. The molecule has 0 atom stereocenters. The average molecular weight is 489 g/mol. The van der Waals surface area contributed by atoms with Crippen molar-refractivity contribution >= 4 is 28.4 Å². The molecule has 10 heteroatoms. The van der Waals surface area contributed by atoms with E-state index >= 15 is 0 Å². The number of nitrogens with zero attached hydrogens (tertiary/aromatic N) is 5. The lowest BCUT2D eigenvalue weighted by molar-refractivity contribution is 0.364. The lowest BCUT2D eigenvalue weighted by Gasteiger charge is -2.36. The predicted molar refractivity (Wildman–Crippen MR) is 134 cm³/mol. The molecule has 1 aliphatic heterocycles. The normalized spacial score (nSPS) is 17.2. The number of hydrogen-bond acceptors (Lipinski definition) is 8. The molecule has 4 aromatic heterocycles. The molecule has 8 nitrogen and oxygen atoms in total. The Balaban J connectivity index is 1.41. The van der Waals surface area contributed by atoms with E-state index in [-0.39, 0.29) is 11.4 Å². The van der Waals surface area contributed by atoms with E-state index < -0.39 is 11.6 Å². The first-order chi connectivity index (χ1) is 17.5. The molecule has 0 bridgehead atoms. The van der Waals surface area contributed by atoms with Gasteiger partial charge in [-0.05, 0) is 69.3 Å². The lowest BCUT2D eigenvalue weighted by Crippen LogP contribution is -2.45. The first-order valence-electron chi connectivity index (χ1n) is 12.2. The van der Waals surface area contributed by atoms with Crippen LogP contribution in [0.15, 0.2) is 43.0 Å². The molecule has 36 heavy (non-hydrogen) atoms. The van der Waals surface area contributed by atoms with Gasteiger partial charge in [0.2, 0.25) is 0 Å². The minimum Gasteiger partial charge on any atom is -0.364 e. The van der Waals surface area contributed by atoms with E-state index in [1.54, 1.807) is 24.5 Å². The molecule has 0 aromatic carbocycles. The molecule has 0 spiro atoms. The smallest absolute Gasteiger partial charge is 0.168 e. The highest BCUT2D eigenvalue weighted by molar-refractivity contribution is 5.94. The fourth-order valence-electron chi connectivity index (χ4n) is 4.69. The first kappa shape index (κ1) is 22.7. The second-order valence-corrected chi connectivity index (χ2v) is 9.77. The van der Waals surface area contributed by atoms with Gasteiger partial charge in [0, 0.05) is 34.9 Å². The van der Waals surface area contributed by atoms with Gasteiger partial charge >= 0.3 is 0 Å². The maximum Gasteiger partial charge on any atom is 0.168 e.